The topological polar surface area (TPSA) is 63.1 Å². The summed E-state index contributed by atoms with van der Waals surface area (Å²) in [5.74, 6) is -0.598. The van der Waals surface area contributed by atoms with Gasteiger partial charge in [0.2, 0.25) is 0 Å². The van der Waals surface area contributed by atoms with E-state index in [2.05, 4.69) is 4.98 Å². The van der Waals surface area contributed by atoms with Crippen molar-refractivity contribution in [1.29, 1.82) is 0 Å². The van der Waals surface area contributed by atoms with Crippen LogP contribution in [0.2, 0.25) is 0 Å². The van der Waals surface area contributed by atoms with Crippen molar-refractivity contribution < 1.29 is 9.21 Å². The van der Waals surface area contributed by atoms with Crippen molar-refractivity contribution in [3.8, 4) is 0 Å². The molecule has 3 rings (SSSR count). The van der Waals surface area contributed by atoms with Gasteiger partial charge in [-0.15, -0.1) is 0 Å². The molecule has 0 atom stereocenters. The van der Waals surface area contributed by atoms with Crippen molar-refractivity contribution in [2.24, 2.45) is 0 Å². The number of carbonyl (C=O) groups is 1. The quantitative estimate of drug-likeness (QED) is 0.714. The molecule has 0 fully saturated rings. The number of H-pyrrole nitrogens is 1. The van der Waals surface area contributed by atoms with Gasteiger partial charge in [-0.1, -0.05) is 24.3 Å². The highest BCUT2D eigenvalue weighted by Gasteiger charge is 2.12. The molecule has 0 spiro atoms. The minimum absolute atomic E-state index is 0.0798. The number of fused-ring (bicyclic) bond motifs is 1. The van der Waals surface area contributed by atoms with Gasteiger partial charge in [0.25, 0.3) is 0 Å². The second-order valence-electron chi connectivity index (χ2n) is 4.37. The van der Waals surface area contributed by atoms with E-state index in [0.717, 1.165) is 5.56 Å². The summed E-state index contributed by atoms with van der Waals surface area (Å²) in [5.41, 5.74) is 3.06. The Morgan fingerprint density at radius 1 is 1.16 bits per heavy atom. The fraction of sp³-hybridized carbons (Fsp3) is 0.0667. The monoisotopic (exact) mass is 253 g/mol. The van der Waals surface area contributed by atoms with Crippen molar-refractivity contribution in [2.45, 2.75) is 6.92 Å². The Hall–Kier alpha value is -2.62. The van der Waals surface area contributed by atoms with Gasteiger partial charge in [0, 0.05) is 11.1 Å². The van der Waals surface area contributed by atoms with Crippen LogP contribution in [0.5, 0.6) is 0 Å². The Morgan fingerprint density at radius 2 is 1.95 bits per heavy atom. The molecule has 0 bridgehead atoms. The SMILES string of the molecule is Cc1ccccc1C(=O)c1ccc2[nH]c(=O)oc2c1. The number of rotatable bonds is 2. The van der Waals surface area contributed by atoms with Crippen LogP contribution in [-0.2, 0) is 0 Å². The van der Waals surface area contributed by atoms with E-state index in [-0.39, 0.29) is 5.78 Å². The molecule has 0 aliphatic carbocycles. The number of ketones is 1. The first-order chi connectivity index (χ1) is 9.15. The molecule has 1 heterocycles. The number of aryl methyl sites for hydroxylation is 1. The third kappa shape index (κ3) is 1.97. The molecular weight excluding hydrogens is 242 g/mol. The van der Waals surface area contributed by atoms with Crippen LogP contribution in [0.15, 0.2) is 51.7 Å². The maximum Gasteiger partial charge on any atom is 0.417 e. The third-order valence-electron chi connectivity index (χ3n) is 3.07. The van der Waals surface area contributed by atoms with E-state index >= 15 is 0 Å². The summed E-state index contributed by atoms with van der Waals surface area (Å²) in [4.78, 5) is 26.0. The van der Waals surface area contributed by atoms with Gasteiger partial charge in [-0.05, 0) is 30.7 Å². The molecule has 1 aromatic heterocycles. The molecule has 0 unspecified atom stereocenters. The van der Waals surface area contributed by atoms with Gasteiger partial charge >= 0.3 is 5.76 Å². The summed E-state index contributed by atoms with van der Waals surface area (Å²) in [6.07, 6.45) is 0. The summed E-state index contributed by atoms with van der Waals surface area (Å²) in [6.45, 7) is 1.89. The molecule has 0 radical (unpaired) electrons. The normalized spacial score (nSPS) is 10.8. The molecule has 0 aliphatic rings. The van der Waals surface area contributed by atoms with Crippen molar-refractivity contribution in [3.05, 3.63) is 69.7 Å². The minimum atomic E-state index is -0.518. The van der Waals surface area contributed by atoms with Gasteiger partial charge < -0.3 is 4.42 Å². The third-order valence-corrected chi connectivity index (χ3v) is 3.07. The second kappa shape index (κ2) is 4.24. The summed E-state index contributed by atoms with van der Waals surface area (Å²) < 4.78 is 4.96. The maximum atomic E-state index is 12.4. The van der Waals surface area contributed by atoms with Gasteiger partial charge in [0.05, 0.1) is 5.52 Å². The second-order valence-corrected chi connectivity index (χ2v) is 4.37. The van der Waals surface area contributed by atoms with Crippen LogP contribution in [0.25, 0.3) is 11.1 Å². The van der Waals surface area contributed by atoms with Crippen molar-refractivity contribution in [3.63, 3.8) is 0 Å². The van der Waals surface area contributed by atoms with Crippen LogP contribution in [0.3, 0.4) is 0 Å². The Morgan fingerprint density at radius 3 is 2.74 bits per heavy atom. The van der Waals surface area contributed by atoms with Crippen LogP contribution in [-0.4, -0.2) is 10.8 Å². The highest BCUT2D eigenvalue weighted by Crippen LogP contribution is 2.17. The number of benzene rings is 2. The molecule has 0 saturated heterocycles. The lowest BCUT2D eigenvalue weighted by Crippen LogP contribution is -2.03. The minimum Gasteiger partial charge on any atom is -0.408 e. The fourth-order valence-electron chi connectivity index (χ4n) is 2.07. The van der Waals surface area contributed by atoms with E-state index in [1.165, 1.54) is 0 Å². The zero-order valence-electron chi connectivity index (χ0n) is 10.3. The number of aromatic amines is 1. The van der Waals surface area contributed by atoms with E-state index in [1.54, 1.807) is 24.3 Å². The van der Waals surface area contributed by atoms with Crippen LogP contribution in [0, 0.1) is 6.92 Å². The number of aromatic nitrogens is 1. The van der Waals surface area contributed by atoms with Crippen LogP contribution in [0.4, 0.5) is 0 Å². The lowest BCUT2D eigenvalue weighted by Gasteiger charge is -2.04. The van der Waals surface area contributed by atoms with E-state index in [0.29, 0.717) is 22.2 Å². The lowest BCUT2D eigenvalue weighted by atomic mass is 9.99. The standard InChI is InChI=1S/C15H11NO3/c1-9-4-2-3-5-11(9)14(17)10-6-7-12-13(8-10)19-15(18)16-12/h2-8H,1H3,(H,16,18). The van der Waals surface area contributed by atoms with Gasteiger partial charge in [-0.3, -0.25) is 9.78 Å². The molecule has 94 valence electrons. The van der Waals surface area contributed by atoms with Crippen molar-refractivity contribution >= 4 is 16.9 Å². The largest absolute Gasteiger partial charge is 0.417 e. The average molecular weight is 253 g/mol. The Balaban J connectivity index is 2.11. The van der Waals surface area contributed by atoms with Crippen LogP contribution < -0.4 is 5.76 Å². The molecule has 1 N–H and O–H groups in total. The number of hydrogen-bond acceptors (Lipinski definition) is 3. The summed E-state index contributed by atoms with van der Waals surface area (Å²) in [5, 5.41) is 0. The highest BCUT2D eigenvalue weighted by molar-refractivity contribution is 6.10. The highest BCUT2D eigenvalue weighted by atomic mass is 16.4. The Bertz CT molecular complexity index is 827. The first kappa shape index (κ1) is 11.5. The van der Waals surface area contributed by atoms with Gasteiger partial charge in [0.1, 0.15) is 0 Å². The smallest absolute Gasteiger partial charge is 0.408 e. The summed E-state index contributed by atoms with van der Waals surface area (Å²) in [6, 6.07) is 12.3. The molecule has 0 aliphatic heterocycles. The Kier molecular flexibility index (Phi) is 2.56. The Labute approximate surface area is 108 Å². The zero-order chi connectivity index (χ0) is 13.4. The molecular formula is C15H11NO3. The summed E-state index contributed by atoms with van der Waals surface area (Å²) >= 11 is 0. The molecule has 4 heteroatoms. The van der Waals surface area contributed by atoms with E-state index in [9.17, 15) is 9.59 Å². The zero-order valence-corrected chi connectivity index (χ0v) is 10.3. The van der Waals surface area contributed by atoms with Crippen molar-refractivity contribution in [2.75, 3.05) is 0 Å². The molecule has 4 nitrogen and oxygen atoms in total. The first-order valence-corrected chi connectivity index (χ1v) is 5.88. The lowest BCUT2D eigenvalue weighted by molar-refractivity contribution is 0.103. The van der Waals surface area contributed by atoms with Gasteiger partial charge in [-0.25, -0.2) is 4.79 Å². The predicted octanol–water partition coefficient (Wildman–Crippen LogP) is 2.66. The summed E-state index contributed by atoms with van der Waals surface area (Å²) in [7, 11) is 0. The number of carbonyl (C=O) groups excluding carboxylic acids is 1. The van der Waals surface area contributed by atoms with E-state index < -0.39 is 5.76 Å². The average Bonchev–Trinajstić information content (AvgIpc) is 2.77. The number of nitrogens with one attached hydrogen (secondary N) is 1. The van der Waals surface area contributed by atoms with Crippen LogP contribution in [0.1, 0.15) is 21.5 Å². The van der Waals surface area contributed by atoms with Crippen molar-refractivity contribution in [1.82, 2.24) is 4.98 Å². The maximum absolute atomic E-state index is 12.4. The molecule has 0 saturated carbocycles. The molecule has 0 amide bonds. The number of hydrogen-bond donors (Lipinski definition) is 1. The van der Waals surface area contributed by atoms with Gasteiger partial charge in [-0.2, -0.15) is 0 Å². The molecule has 2 aromatic carbocycles. The predicted molar refractivity (Wildman–Crippen MR) is 71.4 cm³/mol. The van der Waals surface area contributed by atoms with E-state index in [1.807, 2.05) is 25.1 Å². The molecule has 19 heavy (non-hydrogen) atoms. The molecule has 3 aromatic rings. The van der Waals surface area contributed by atoms with Crippen LogP contribution >= 0.6 is 0 Å². The first-order valence-electron chi connectivity index (χ1n) is 5.88. The van der Waals surface area contributed by atoms with E-state index in [4.69, 9.17) is 4.42 Å². The van der Waals surface area contributed by atoms with Gasteiger partial charge in [0.15, 0.2) is 11.4 Å². The number of oxazole rings is 1. The fourth-order valence-corrected chi connectivity index (χ4v) is 2.07.